The summed E-state index contributed by atoms with van der Waals surface area (Å²) < 4.78 is 16.0. The Kier molecular flexibility index (Phi) is 7.75. The second-order valence-electron chi connectivity index (χ2n) is 6.84. The number of ether oxygens (including phenoxy) is 2. The van der Waals surface area contributed by atoms with Gasteiger partial charge in [0.1, 0.15) is 6.26 Å². The summed E-state index contributed by atoms with van der Waals surface area (Å²) >= 11 is 0. The fourth-order valence-corrected chi connectivity index (χ4v) is 3.35. The van der Waals surface area contributed by atoms with E-state index in [1.165, 1.54) is 0 Å². The first kappa shape index (κ1) is 21.0. The van der Waals surface area contributed by atoms with Crippen molar-refractivity contribution in [3.05, 3.63) is 41.8 Å². The number of methoxy groups -OCH3 is 1. The molecule has 0 atom stereocenters. The Morgan fingerprint density at radius 2 is 2.00 bits per heavy atom. The molecule has 1 N–H and O–H groups in total. The second-order valence-corrected chi connectivity index (χ2v) is 6.84. The molecule has 0 bridgehead atoms. The van der Waals surface area contributed by atoms with E-state index >= 15 is 0 Å². The average molecular weight is 402 g/mol. The van der Waals surface area contributed by atoms with Crippen molar-refractivity contribution in [3.63, 3.8) is 0 Å². The number of hydrogen-bond acceptors (Lipinski definition) is 6. The average Bonchev–Trinajstić information content (AvgIpc) is 3.25. The molecular formula is C21H31N5O3. The molecule has 0 saturated carbocycles. The van der Waals surface area contributed by atoms with E-state index in [1.807, 2.05) is 31.2 Å². The van der Waals surface area contributed by atoms with Crippen molar-refractivity contribution in [2.24, 2.45) is 4.99 Å². The van der Waals surface area contributed by atoms with E-state index in [0.717, 1.165) is 68.0 Å². The van der Waals surface area contributed by atoms with Gasteiger partial charge in [0.2, 0.25) is 0 Å². The summed E-state index contributed by atoms with van der Waals surface area (Å²) in [4.78, 5) is 9.55. The lowest BCUT2D eigenvalue weighted by molar-refractivity contribution is 0.169. The van der Waals surface area contributed by atoms with Crippen molar-refractivity contribution in [1.82, 2.24) is 20.3 Å². The van der Waals surface area contributed by atoms with Crippen LogP contribution in [0.2, 0.25) is 0 Å². The molecule has 1 saturated heterocycles. The van der Waals surface area contributed by atoms with E-state index in [-0.39, 0.29) is 0 Å². The summed E-state index contributed by atoms with van der Waals surface area (Å²) in [5, 5.41) is 7.42. The van der Waals surface area contributed by atoms with Crippen molar-refractivity contribution in [2.45, 2.75) is 26.9 Å². The van der Waals surface area contributed by atoms with Crippen LogP contribution in [-0.4, -0.2) is 67.4 Å². The van der Waals surface area contributed by atoms with Gasteiger partial charge in [0, 0.05) is 45.3 Å². The Bertz CT molecular complexity index is 771. The number of benzene rings is 1. The molecule has 1 aliphatic rings. The molecule has 0 unspecified atom stereocenters. The Balaban J connectivity index is 1.60. The highest BCUT2D eigenvalue weighted by molar-refractivity contribution is 5.80. The van der Waals surface area contributed by atoms with Gasteiger partial charge < -0.3 is 24.2 Å². The third kappa shape index (κ3) is 5.87. The molecule has 0 spiro atoms. The monoisotopic (exact) mass is 401 g/mol. The third-order valence-electron chi connectivity index (χ3n) is 4.82. The second kappa shape index (κ2) is 10.7. The van der Waals surface area contributed by atoms with Gasteiger partial charge in [-0.15, -0.1) is 0 Å². The first-order valence-corrected chi connectivity index (χ1v) is 10.2. The molecule has 0 aliphatic carbocycles. The minimum absolute atomic E-state index is 0.589. The maximum Gasteiger partial charge on any atom is 0.194 e. The van der Waals surface area contributed by atoms with Gasteiger partial charge in [0.15, 0.2) is 17.5 Å². The molecule has 1 aromatic heterocycles. The summed E-state index contributed by atoms with van der Waals surface area (Å²) in [5.41, 5.74) is 2.07. The molecule has 158 valence electrons. The van der Waals surface area contributed by atoms with Crippen molar-refractivity contribution in [2.75, 3.05) is 46.4 Å². The summed E-state index contributed by atoms with van der Waals surface area (Å²) in [5.74, 6) is 2.45. The number of aliphatic imine (C=N–C) groups is 1. The molecule has 3 rings (SSSR count). The molecule has 8 heteroatoms. The number of nitrogens with zero attached hydrogens (tertiary/aromatic N) is 4. The lowest BCUT2D eigenvalue weighted by Crippen LogP contribution is -2.52. The van der Waals surface area contributed by atoms with Crippen LogP contribution in [0.15, 0.2) is 40.0 Å². The quantitative estimate of drug-likeness (QED) is 0.538. The van der Waals surface area contributed by atoms with Crippen molar-refractivity contribution >= 4 is 5.96 Å². The first-order chi connectivity index (χ1) is 14.2. The zero-order chi connectivity index (χ0) is 20.5. The van der Waals surface area contributed by atoms with E-state index in [1.54, 1.807) is 13.4 Å². The number of rotatable bonds is 8. The summed E-state index contributed by atoms with van der Waals surface area (Å²) in [6.07, 6.45) is 1.62. The molecule has 1 fully saturated rings. The van der Waals surface area contributed by atoms with Crippen LogP contribution in [0.5, 0.6) is 11.5 Å². The van der Waals surface area contributed by atoms with Crippen LogP contribution >= 0.6 is 0 Å². The number of aromatic nitrogens is 1. The molecular weight excluding hydrogens is 370 g/mol. The molecule has 8 nitrogen and oxygen atoms in total. The maximum atomic E-state index is 5.68. The van der Waals surface area contributed by atoms with Crippen molar-refractivity contribution < 1.29 is 14.0 Å². The Morgan fingerprint density at radius 3 is 2.66 bits per heavy atom. The van der Waals surface area contributed by atoms with Gasteiger partial charge >= 0.3 is 0 Å². The topological polar surface area (TPSA) is 75.4 Å². The van der Waals surface area contributed by atoms with E-state index in [0.29, 0.717) is 13.2 Å². The van der Waals surface area contributed by atoms with Gasteiger partial charge in [-0.05, 0) is 31.5 Å². The largest absolute Gasteiger partial charge is 0.493 e. The highest BCUT2D eigenvalue weighted by Gasteiger charge is 2.20. The fourth-order valence-electron chi connectivity index (χ4n) is 3.35. The molecule has 0 amide bonds. The van der Waals surface area contributed by atoms with Crippen LogP contribution < -0.4 is 14.8 Å². The lowest BCUT2D eigenvalue weighted by Gasteiger charge is -2.36. The summed E-state index contributed by atoms with van der Waals surface area (Å²) in [7, 11) is 1.65. The number of guanidine groups is 1. The predicted octanol–water partition coefficient (Wildman–Crippen LogP) is 2.37. The normalized spacial score (nSPS) is 15.4. The minimum atomic E-state index is 0.589. The molecule has 1 aromatic carbocycles. The zero-order valence-corrected chi connectivity index (χ0v) is 17.6. The first-order valence-electron chi connectivity index (χ1n) is 10.2. The van der Waals surface area contributed by atoms with Crippen LogP contribution in [0, 0.1) is 0 Å². The Labute approximate surface area is 172 Å². The predicted molar refractivity (Wildman–Crippen MR) is 112 cm³/mol. The third-order valence-corrected chi connectivity index (χ3v) is 4.82. The molecule has 1 aliphatic heterocycles. The highest BCUT2D eigenvalue weighted by Crippen LogP contribution is 2.28. The SMILES string of the molecule is CCNC(=NCc1ccc(OC)c(OCC)c1)N1CCN(Cc2ccon2)CC1. The fraction of sp³-hybridized carbons (Fsp3) is 0.524. The molecule has 0 radical (unpaired) electrons. The van der Waals surface area contributed by atoms with E-state index in [9.17, 15) is 0 Å². The number of hydrogen-bond donors (Lipinski definition) is 1. The Hall–Kier alpha value is -2.74. The summed E-state index contributed by atoms with van der Waals surface area (Å²) in [6, 6.07) is 7.89. The molecule has 2 aromatic rings. The van der Waals surface area contributed by atoms with Crippen LogP contribution in [0.4, 0.5) is 0 Å². The maximum absolute atomic E-state index is 5.68. The van der Waals surface area contributed by atoms with E-state index in [4.69, 9.17) is 19.0 Å². The van der Waals surface area contributed by atoms with E-state index in [2.05, 4.69) is 27.2 Å². The summed E-state index contributed by atoms with van der Waals surface area (Å²) in [6.45, 7) is 10.7. The van der Waals surface area contributed by atoms with Crippen LogP contribution in [0.1, 0.15) is 25.1 Å². The smallest absolute Gasteiger partial charge is 0.194 e. The standard InChI is InChI=1S/C21H31N5O3/c1-4-22-21(23-15-17-6-7-19(27-3)20(14-17)28-5-2)26-11-9-25(10-12-26)16-18-8-13-29-24-18/h6-8,13-14H,4-5,9-12,15-16H2,1-3H3,(H,22,23). The highest BCUT2D eigenvalue weighted by atomic mass is 16.5. The minimum Gasteiger partial charge on any atom is -0.493 e. The van der Waals surface area contributed by atoms with Crippen molar-refractivity contribution in [1.29, 1.82) is 0 Å². The van der Waals surface area contributed by atoms with Gasteiger partial charge in [-0.25, -0.2) is 4.99 Å². The van der Waals surface area contributed by atoms with Crippen LogP contribution in [0.3, 0.4) is 0 Å². The van der Waals surface area contributed by atoms with Gasteiger partial charge in [-0.1, -0.05) is 11.2 Å². The molecule has 29 heavy (non-hydrogen) atoms. The van der Waals surface area contributed by atoms with E-state index < -0.39 is 0 Å². The number of nitrogens with one attached hydrogen (secondary N) is 1. The number of piperazine rings is 1. The Morgan fingerprint density at radius 1 is 1.17 bits per heavy atom. The lowest BCUT2D eigenvalue weighted by atomic mass is 10.2. The zero-order valence-electron chi connectivity index (χ0n) is 17.6. The van der Waals surface area contributed by atoms with Gasteiger partial charge in [0.05, 0.1) is 26.0 Å². The van der Waals surface area contributed by atoms with Crippen LogP contribution in [0.25, 0.3) is 0 Å². The van der Waals surface area contributed by atoms with Gasteiger partial charge in [-0.3, -0.25) is 4.90 Å². The molecule has 2 heterocycles. The van der Waals surface area contributed by atoms with Crippen LogP contribution in [-0.2, 0) is 13.1 Å². The van der Waals surface area contributed by atoms with Crippen molar-refractivity contribution in [3.8, 4) is 11.5 Å². The van der Waals surface area contributed by atoms with Gasteiger partial charge in [0.25, 0.3) is 0 Å². The van der Waals surface area contributed by atoms with Gasteiger partial charge in [-0.2, -0.15) is 0 Å².